The largest absolute Gasteiger partial charge is 0.468 e. The molecule has 1 aromatic carbocycles. The zero-order valence-electron chi connectivity index (χ0n) is 11.6. The number of carbonyl (C=O) groups is 1. The van der Waals surface area contributed by atoms with Gasteiger partial charge in [-0.1, -0.05) is 12.1 Å². The van der Waals surface area contributed by atoms with Crippen molar-refractivity contribution in [1.82, 2.24) is 4.31 Å². The summed E-state index contributed by atoms with van der Waals surface area (Å²) in [5.74, 6) is -0.773. The van der Waals surface area contributed by atoms with Gasteiger partial charge >= 0.3 is 12.1 Å². The second-order valence-corrected chi connectivity index (χ2v) is 6.65. The Kier molecular flexibility index (Phi) is 4.48. The van der Waals surface area contributed by atoms with E-state index >= 15 is 0 Å². The summed E-state index contributed by atoms with van der Waals surface area (Å²) in [6.07, 6.45) is -4.20. The van der Waals surface area contributed by atoms with Crippen molar-refractivity contribution >= 4 is 16.0 Å². The van der Waals surface area contributed by atoms with Crippen molar-refractivity contribution in [3.63, 3.8) is 0 Å². The number of hydrogen-bond donors (Lipinski definition) is 0. The molecule has 1 atom stereocenters. The number of hydrogen-bond acceptors (Lipinski definition) is 4. The molecule has 5 nitrogen and oxygen atoms in total. The van der Waals surface area contributed by atoms with Crippen LogP contribution in [0.3, 0.4) is 0 Å². The highest BCUT2D eigenvalue weighted by molar-refractivity contribution is 7.89. The molecule has 122 valence electrons. The smallest absolute Gasteiger partial charge is 0.417 e. The van der Waals surface area contributed by atoms with Gasteiger partial charge in [-0.25, -0.2) is 8.42 Å². The fourth-order valence-electron chi connectivity index (χ4n) is 2.45. The predicted octanol–water partition coefficient (Wildman–Crippen LogP) is 2.03. The summed E-state index contributed by atoms with van der Waals surface area (Å²) < 4.78 is 69.4. The number of halogens is 3. The Morgan fingerprint density at radius 1 is 1.32 bits per heavy atom. The lowest BCUT2D eigenvalue weighted by atomic mass is 10.2. The average Bonchev–Trinajstić information content (AvgIpc) is 2.95. The number of methoxy groups -OCH3 is 1. The maximum atomic E-state index is 13.0. The van der Waals surface area contributed by atoms with Gasteiger partial charge in [-0.15, -0.1) is 0 Å². The van der Waals surface area contributed by atoms with Crippen LogP contribution in [0.2, 0.25) is 0 Å². The van der Waals surface area contributed by atoms with Crippen LogP contribution in [0.5, 0.6) is 0 Å². The van der Waals surface area contributed by atoms with E-state index in [0.29, 0.717) is 12.5 Å². The second-order valence-electron chi connectivity index (χ2n) is 4.79. The maximum absolute atomic E-state index is 13.0. The molecule has 1 aliphatic heterocycles. The number of rotatable bonds is 3. The highest BCUT2D eigenvalue weighted by atomic mass is 32.2. The van der Waals surface area contributed by atoms with Crippen molar-refractivity contribution in [2.24, 2.45) is 0 Å². The molecule has 1 aliphatic rings. The van der Waals surface area contributed by atoms with E-state index in [1.165, 1.54) is 6.07 Å². The summed E-state index contributed by atoms with van der Waals surface area (Å²) in [4.78, 5) is 10.8. The molecule has 1 saturated heterocycles. The highest BCUT2D eigenvalue weighted by Gasteiger charge is 2.44. The number of nitrogens with zero attached hydrogens (tertiary/aromatic N) is 1. The number of esters is 1. The summed E-state index contributed by atoms with van der Waals surface area (Å²) in [7, 11) is -3.34. The Balaban J connectivity index is 2.50. The van der Waals surface area contributed by atoms with Crippen LogP contribution in [0.4, 0.5) is 13.2 Å². The Morgan fingerprint density at radius 2 is 1.95 bits per heavy atom. The van der Waals surface area contributed by atoms with Gasteiger partial charge in [0.05, 0.1) is 17.6 Å². The van der Waals surface area contributed by atoms with Crippen molar-refractivity contribution in [2.45, 2.75) is 30.0 Å². The van der Waals surface area contributed by atoms with Crippen LogP contribution in [-0.2, 0) is 25.7 Å². The molecule has 0 radical (unpaired) electrons. The minimum Gasteiger partial charge on any atom is -0.468 e. The molecule has 9 heteroatoms. The van der Waals surface area contributed by atoms with Gasteiger partial charge in [-0.3, -0.25) is 4.79 Å². The van der Waals surface area contributed by atoms with E-state index < -0.39 is 38.7 Å². The van der Waals surface area contributed by atoms with Crippen LogP contribution < -0.4 is 0 Å². The zero-order valence-corrected chi connectivity index (χ0v) is 12.4. The summed E-state index contributed by atoms with van der Waals surface area (Å²) >= 11 is 0. The fourth-order valence-corrected chi connectivity index (χ4v) is 4.31. The minimum atomic E-state index is -4.80. The molecule has 0 spiro atoms. The normalized spacial score (nSPS) is 20.1. The lowest BCUT2D eigenvalue weighted by Crippen LogP contribution is -2.41. The van der Waals surface area contributed by atoms with Gasteiger partial charge in [0, 0.05) is 6.54 Å². The Hall–Kier alpha value is -1.61. The van der Waals surface area contributed by atoms with Crippen LogP contribution in [0, 0.1) is 0 Å². The lowest BCUT2D eigenvalue weighted by molar-refractivity contribution is -0.144. The van der Waals surface area contributed by atoms with Crippen LogP contribution >= 0.6 is 0 Å². The van der Waals surface area contributed by atoms with E-state index in [1.54, 1.807) is 0 Å². The van der Waals surface area contributed by atoms with E-state index in [0.717, 1.165) is 23.5 Å². The van der Waals surface area contributed by atoms with Crippen molar-refractivity contribution in [3.8, 4) is 0 Å². The lowest BCUT2D eigenvalue weighted by Gasteiger charge is -2.23. The van der Waals surface area contributed by atoms with Gasteiger partial charge in [-0.2, -0.15) is 17.5 Å². The number of ether oxygens (including phenoxy) is 1. The molecule has 0 saturated carbocycles. The molecular formula is C13H14F3NO4S. The van der Waals surface area contributed by atoms with Crippen LogP contribution in [0.1, 0.15) is 18.4 Å². The quantitative estimate of drug-likeness (QED) is 0.792. The van der Waals surface area contributed by atoms with Crippen LogP contribution in [-0.4, -0.2) is 38.4 Å². The third-order valence-corrected chi connectivity index (χ3v) is 5.42. The standard InChI is InChI=1S/C13H14F3NO4S/c1-21-12(18)10-6-4-8-17(10)22(19,20)11-7-3-2-5-9(11)13(14,15)16/h2-3,5,7,10H,4,6,8H2,1H3. The molecule has 1 aromatic rings. The zero-order chi connectivity index (χ0) is 16.5. The van der Waals surface area contributed by atoms with E-state index in [1.807, 2.05) is 0 Å². The summed E-state index contributed by atoms with van der Waals surface area (Å²) in [5.41, 5.74) is -1.24. The van der Waals surface area contributed by atoms with Gasteiger partial charge in [0.15, 0.2) is 0 Å². The first-order valence-electron chi connectivity index (χ1n) is 6.45. The second kappa shape index (κ2) is 5.88. The molecule has 0 amide bonds. The number of benzene rings is 1. The predicted molar refractivity (Wildman–Crippen MR) is 70.4 cm³/mol. The number of carbonyl (C=O) groups excluding carboxylic acids is 1. The minimum absolute atomic E-state index is 0.0196. The Bertz CT molecular complexity index is 672. The SMILES string of the molecule is COC(=O)C1CCCN1S(=O)(=O)c1ccccc1C(F)(F)F. The van der Waals surface area contributed by atoms with Gasteiger partial charge in [-0.05, 0) is 25.0 Å². The number of alkyl halides is 3. The highest BCUT2D eigenvalue weighted by Crippen LogP contribution is 2.36. The van der Waals surface area contributed by atoms with Crippen molar-refractivity contribution in [1.29, 1.82) is 0 Å². The monoisotopic (exact) mass is 337 g/mol. The van der Waals surface area contributed by atoms with Crippen molar-refractivity contribution in [2.75, 3.05) is 13.7 Å². The van der Waals surface area contributed by atoms with E-state index in [9.17, 15) is 26.4 Å². The molecule has 1 heterocycles. The molecule has 2 rings (SSSR count). The van der Waals surface area contributed by atoms with Gasteiger partial charge in [0.2, 0.25) is 10.0 Å². The molecule has 22 heavy (non-hydrogen) atoms. The Morgan fingerprint density at radius 3 is 2.55 bits per heavy atom. The first kappa shape index (κ1) is 16.8. The van der Waals surface area contributed by atoms with Gasteiger partial charge < -0.3 is 4.74 Å². The third-order valence-electron chi connectivity index (χ3n) is 3.46. The van der Waals surface area contributed by atoms with Crippen molar-refractivity contribution < 1.29 is 31.1 Å². The maximum Gasteiger partial charge on any atom is 0.417 e. The molecule has 1 unspecified atom stereocenters. The summed E-state index contributed by atoms with van der Waals surface area (Å²) in [6, 6.07) is 2.84. The Labute approximate surface area is 125 Å². The number of sulfonamides is 1. The first-order valence-corrected chi connectivity index (χ1v) is 7.89. The van der Waals surface area contributed by atoms with E-state index in [-0.39, 0.29) is 13.0 Å². The van der Waals surface area contributed by atoms with Gasteiger partial charge in [0.1, 0.15) is 6.04 Å². The third kappa shape index (κ3) is 2.95. The molecule has 1 fully saturated rings. The summed E-state index contributed by atoms with van der Waals surface area (Å²) in [5, 5.41) is 0. The summed E-state index contributed by atoms with van der Waals surface area (Å²) in [6.45, 7) is -0.0196. The van der Waals surface area contributed by atoms with Crippen molar-refractivity contribution in [3.05, 3.63) is 29.8 Å². The molecule has 0 aromatic heterocycles. The molecule has 0 bridgehead atoms. The molecule has 0 aliphatic carbocycles. The van der Waals surface area contributed by atoms with E-state index in [4.69, 9.17) is 0 Å². The molecular weight excluding hydrogens is 323 g/mol. The van der Waals surface area contributed by atoms with Crippen LogP contribution in [0.25, 0.3) is 0 Å². The average molecular weight is 337 g/mol. The first-order chi connectivity index (χ1) is 10.2. The topological polar surface area (TPSA) is 63.7 Å². The fraction of sp³-hybridized carbons (Fsp3) is 0.462. The van der Waals surface area contributed by atoms with E-state index in [2.05, 4.69) is 4.74 Å². The molecule has 0 N–H and O–H groups in total. The van der Waals surface area contributed by atoms with Crippen LogP contribution in [0.15, 0.2) is 29.2 Å². The van der Waals surface area contributed by atoms with Gasteiger partial charge in [0.25, 0.3) is 0 Å².